The molecule has 2 heteroatoms. The van der Waals surface area contributed by atoms with E-state index in [4.69, 9.17) is 9.47 Å². The fourth-order valence-electron chi connectivity index (χ4n) is 1.29. The summed E-state index contributed by atoms with van der Waals surface area (Å²) in [4.78, 5) is 0. The maximum atomic E-state index is 5.42. The zero-order valence-electron chi connectivity index (χ0n) is 8.90. The van der Waals surface area contributed by atoms with E-state index in [2.05, 4.69) is 27.0 Å². The SMILES string of the molecule is C=C/C=C\C(=C)OCC1OC1C(C)C. The summed E-state index contributed by atoms with van der Waals surface area (Å²) in [5, 5.41) is 0. The second-order valence-corrected chi connectivity index (χ2v) is 3.76. The average molecular weight is 194 g/mol. The second-order valence-electron chi connectivity index (χ2n) is 3.76. The lowest BCUT2D eigenvalue weighted by molar-refractivity contribution is 0.193. The van der Waals surface area contributed by atoms with Gasteiger partial charge in [-0.2, -0.15) is 0 Å². The summed E-state index contributed by atoms with van der Waals surface area (Å²) in [7, 11) is 0. The summed E-state index contributed by atoms with van der Waals surface area (Å²) in [5.74, 6) is 1.23. The zero-order chi connectivity index (χ0) is 10.6. The van der Waals surface area contributed by atoms with Gasteiger partial charge in [0.15, 0.2) is 0 Å². The predicted octanol–water partition coefficient (Wildman–Crippen LogP) is 2.68. The smallest absolute Gasteiger partial charge is 0.118 e. The predicted molar refractivity (Wildman–Crippen MR) is 57.9 cm³/mol. The van der Waals surface area contributed by atoms with Crippen molar-refractivity contribution in [2.45, 2.75) is 26.1 Å². The van der Waals surface area contributed by atoms with Gasteiger partial charge in [-0.05, 0) is 12.0 Å². The van der Waals surface area contributed by atoms with E-state index in [-0.39, 0.29) is 6.10 Å². The van der Waals surface area contributed by atoms with Gasteiger partial charge in [-0.25, -0.2) is 0 Å². The Morgan fingerprint density at radius 2 is 2.29 bits per heavy atom. The number of rotatable bonds is 6. The first-order chi connectivity index (χ1) is 6.65. The first-order valence-electron chi connectivity index (χ1n) is 4.91. The van der Waals surface area contributed by atoms with Crippen LogP contribution in [0.25, 0.3) is 0 Å². The van der Waals surface area contributed by atoms with Crippen molar-refractivity contribution in [1.29, 1.82) is 0 Å². The normalized spacial score (nSPS) is 25.4. The van der Waals surface area contributed by atoms with E-state index in [1.165, 1.54) is 0 Å². The zero-order valence-corrected chi connectivity index (χ0v) is 8.90. The number of hydrogen-bond donors (Lipinski definition) is 0. The van der Waals surface area contributed by atoms with Gasteiger partial charge in [0.05, 0.1) is 6.10 Å². The largest absolute Gasteiger partial charge is 0.491 e. The van der Waals surface area contributed by atoms with Crippen molar-refractivity contribution in [3.05, 3.63) is 37.1 Å². The Hall–Kier alpha value is -1.02. The third-order valence-electron chi connectivity index (χ3n) is 2.13. The lowest BCUT2D eigenvalue weighted by Crippen LogP contribution is -2.07. The molecule has 0 radical (unpaired) electrons. The van der Waals surface area contributed by atoms with Crippen molar-refractivity contribution in [1.82, 2.24) is 0 Å². The average Bonchev–Trinajstić information content (AvgIpc) is 2.90. The lowest BCUT2D eigenvalue weighted by Gasteiger charge is -2.03. The molecular formula is C12H18O2. The maximum Gasteiger partial charge on any atom is 0.118 e. The molecule has 0 N–H and O–H groups in total. The highest BCUT2D eigenvalue weighted by Crippen LogP contribution is 2.29. The summed E-state index contributed by atoms with van der Waals surface area (Å²) in [5.41, 5.74) is 0. The van der Waals surface area contributed by atoms with Gasteiger partial charge in [0, 0.05) is 0 Å². The number of epoxide rings is 1. The number of hydrogen-bond acceptors (Lipinski definition) is 2. The molecule has 14 heavy (non-hydrogen) atoms. The van der Waals surface area contributed by atoms with Crippen molar-refractivity contribution < 1.29 is 9.47 Å². The topological polar surface area (TPSA) is 21.8 Å². The van der Waals surface area contributed by atoms with Crippen LogP contribution in [0.15, 0.2) is 37.1 Å². The van der Waals surface area contributed by atoms with E-state index >= 15 is 0 Å². The van der Waals surface area contributed by atoms with Crippen LogP contribution in [0.1, 0.15) is 13.8 Å². The van der Waals surface area contributed by atoms with E-state index < -0.39 is 0 Å². The molecule has 2 unspecified atom stereocenters. The Bertz CT molecular complexity index is 241. The lowest BCUT2D eigenvalue weighted by atomic mass is 10.1. The first kappa shape index (κ1) is 11.1. The summed E-state index contributed by atoms with van der Waals surface area (Å²) in [6.45, 7) is 12.2. The van der Waals surface area contributed by atoms with Crippen LogP contribution in [0.2, 0.25) is 0 Å². The molecule has 0 aromatic carbocycles. The van der Waals surface area contributed by atoms with Crippen LogP contribution in [0.3, 0.4) is 0 Å². The molecule has 1 rings (SSSR count). The summed E-state index contributed by atoms with van der Waals surface area (Å²) >= 11 is 0. The van der Waals surface area contributed by atoms with Gasteiger partial charge in [-0.15, -0.1) is 0 Å². The molecule has 1 aliphatic heterocycles. The van der Waals surface area contributed by atoms with Crippen LogP contribution in [-0.4, -0.2) is 18.8 Å². The molecular weight excluding hydrogens is 176 g/mol. The number of allylic oxidation sites excluding steroid dienone is 3. The number of ether oxygens (including phenoxy) is 2. The molecule has 0 aliphatic carbocycles. The Kier molecular flexibility index (Phi) is 3.96. The highest BCUT2D eigenvalue weighted by Gasteiger charge is 2.41. The fraction of sp³-hybridized carbons (Fsp3) is 0.500. The molecule has 1 fully saturated rings. The van der Waals surface area contributed by atoms with Crippen LogP contribution >= 0.6 is 0 Å². The molecule has 0 amide bonds. The van der Waals surface area contributed by atoms with Crippen molar-refractivity contribution in [2.75, 3.05) is 6.61 Å². The van der Waals surface area contributed by atoms with Crippen molar-refractivity contribution in [3.63, 3.8) is 0 Å². The van der Waals surface area contributed by atoms with Gasteiger partial charge in [0.2, 0.25) is 0 Å². The van der Waals surface area contributed by atoms with Crippen molar-refractivity contribution >= 4 is 0 Å². The highest BCUT2D eigenvalue weighted by atomic mass is 16.6. The minimum atomic E-state index is 0.254. The van der Waals surface area contributed by atoms with E-state index in [0.29, 0.717) is 24.4 Å². The van der Waals surface area contributed by atoms with Gasteiger partial charge in [-0.1, -0.05) is 39.2 Å². The summed E-state index contributed by atoms with van der Waals surface area (Å²) in [6, 6.07) is 0. The summed E-state index contributed by atoms with van der Waals surface area (Å²) < 4.78 is 10.8. The molecule has 2 nitrogen and oxygen atoms in total. The van der Waals surface area contributed by atoms with E-state index in [0.717, 1.165) is 0 Å². The molecule has 0 aromatic rings. The molecule has 0 aromatic heterocycles. The second kappa shape index (κ2) is 5.01. The molecule has 1 saturated heterocycles. The van der Waals surface area contributed by atoms with Gasteiger partial charge in [0.1, 0.15) is 18.5 Å². The molecule has 78 valence electrons. The Morgan fingerprint density at radius 1 is 1.57 bits per heavy atom. The van der Waals surface area contributed by atoms with Gasteiger partial charge in [-0.3, -0.25) is 0 Å². The molecule has 1 aliphatic rings. The van der Waals surface area contributed by atoms with Crippen LogP contribution in [0.4, 0.5) is 0 Å². The first-order valence-corrected chi connectivity index (χ1v) is 4.91. The molecule has 0 saturated carbocycles. The van der Waals surface area contributed by atoms with Gasteiger partial charge >= 0.3 is 0 Å². The van der Waals surface area contributed by atoms with E-state index in [1.54, 1.807) is 18.2 Å². The van der Waals surface area contributed by atoms with Crippen molar-refractivity contribution in [3.8, 4) is 0 Å². The minimum Gasteiger partial charge on any atom is -0.491 e. The van der Waals surface area contributed by atoms with Crippen LogP contribution in [0.5, 0.6) is 0 Å². The Morgan fingerprint density at radius 3 is 2.79 bits per heavy atom. The van der Waals surface area contributed by atoms with Gasteiger partial charge < -0.3 is 9.47 Å². The van der Waals surface area contributed by atoms with Crippen LogP contribution < -0.4 is 0 Å². The highest BCUT2D eigenvalue weighted by molar-refractivity contribution is 5.12. The minimum absolute atomic E-state index is 0.254. The monoisotopic (exact) mass is 194 g/mol. The van der Waals surface area contributed by atoms with E-state index in [9.17, 15) is 0 Å². The van der Waals surface area contributed by atoms with Crippen LogP contribution in [0, 0.1) is 5.92 Å². The fourth-order valence-corrected chi connectivity index (χ4v) is 1.29. The Balaban J connectivity index is 2.14. The van der Waals surface area contributed by atoms with Crippen LogP contribution in [-0.2, 0) is 9.47 Å². The maximum absolute atomic E-state index is 5.42. The summed E-state index contributed by atoms with van der Waals surface area (Å²) in [6.07, 6.45) is 5.91. The van der Waals surface area contributed by atoms with Gasteiger partial charge in [0.25, 0.3) is 0 Å². The molecule has 0 bridgehead atoms. The van der Waals surface area contributed by atoms with Crippen molar-refractivity contribution in [2.24, 2.45) is 5.92 Å². The Labute approximate surface area is 85.9 Å². The third-order valence-corrected chi connectivity index (χ3v) is 2.13. The quantitative estimate of drug-likeness (QED) is 0.368. The van der Waals surface area contributed by atoms with E-state index in [1.807, 2.05) is 0 Å². The molecule has 2 atom stereocenters. The third kappa shape index (κ3) is 3.38. The molecule has 0 spiro atoms. The molecule has 1 heterocycles. The standard InChI is InChI=1S/C12H18O2/c1-5-6-7-10(4)13-8-11-12(14-11)9(2)3/h5-7,9,11-12H,1,4,8H2,2-3H3/b7-6-.